The van der Waals surface area contributed by atoms with Gasteiger partial charge in [-0.1, -0.05) is 81.9 Å². The maximum Gasteiger partial charge on any atom is 0.0775 e. The van der Waals surface area contributed by atoms with Gasteiger partial charge in [-0.2, -0.15) is 0 Å². The van der Waals surface area contributed by atoms with Gasteiger partial charge in [0.2, 0.25) is 0 Å². The number of pyridine rings is 1. The number of benzene rings is 1. The van der Waals surface area contributed by atoms with Crippen molar-refractivity contribution in [2.75, 3.05) is 0 Å². The van der Waals surface area contributed by atoms with Gasteiger partial charge in [0.05, 0.1) is 8.07 Å². The van der Waals surface area contributed by atoms with Crippen LogP contribution in [0.2, 0.25) is 19.6 Å². The van der Waals surface area contributed by atoms with Crippen LogP contribution in [0.5, 0.6) is 0 Å². The number of nitrogens with zero attached hydrogens (tertiary/aromatic N) is 1. The minimum Gasteiger partial charge on any atom is -0.263 e. The molecule has 2 rings (SSSR count). The van der Waals surface area contributed by atoms with Crippen LogP contribution >= 0.6 is 0 Å². The summed E-state index contributed by atoms with van der Waals surface area (Å²) >= 11 is 0. The van der Waals surface area contributed by atoms with Gasteiger partial charge in [-0.05, 0) is 35.6 Å². The highest BCUT2D eigenvalue weighted by Gasteiger charge is 2.15. The van der Waals surface area contributed by atoms with Crippen molar-refractivity contribution in [3.63, 3.8) is 0 Å². The lowest BCUT2D eigenvalue weighted by Gasteiger charge is -2.17. The maximum atomic E-state index is 4.51. The lowest BCUT2D eigenvalue weighted by Crippen LogP contribution is -2.37. The van der Waals surface area contributed by atoms with Crippen LogP contribution in [0, 0.1) is 0 Å². The summed E-state index contributed by atoms with van der Waals surface area (Å²) in [7, 11) is -1.24. The van der Waals surface area contributed by atoms with E-state index in [1.165, 1.54) is 40.3 Å². The molecule has 24 heavy (non-hydrogen) atoms. The molecule has 0 atom stereocenters. The highest BCUT2D eigenvalue weighted by molar-refractivity contribution is 6.88. The van der Waals surface area contributed by atoms with Gasteiger partial charge in [0.1, 0.15) is 0 Å². The monoisotopic (exact) mass is 337 g/mol. The third-order valence-corrected chi connectivity index (χ3v) is 6.46. The van der Waals surface area contributed by atoms with Crippen molar-refractivity contribution >= 4 is 18.8 Å². The number of aromatic nitrogens is 1. The second-order valence-electron chi connectivity index (χ2n) is 7.56. The molecule has 0 amide bonds. The van der Waals surface area contributed by atoms with Crippen LogP contribution in [0.3, 0.4) is 0 Å². The molecule has 0 N–H and O–H groups in total. The zero-order chi connectivity index (χ0) is 17.6. The third-order valence-electron chi connectivity index (χ3n) is 4.39. The Morgan fingerprint density at radius 2 is 1.67 bits per heavy atom. The average Bonchev–Trinajstić information content (AvgIpc) is 2.58. The highest BCUT2D eigenvalue weighted by atomic mass is 28.3. The molecule has 0 aliphatic rings. The van der Waals surface area contributed by atoms with E-state index in [1.807, 2.05) is 12.4 Å². The molecule has 2 heteroatoms. The molecule has 0 bridgehead atoms. The van der Waals surface area contributed by atoms with Gasteiger partial charge in [-0.3, -0.25) is 4.98 Å². The van der Waals surface area contributed by atoms with Crippen LogP contribution in [0.4, 0.5) is 0 Å². The number of rotatable bonds is 7. The Morgan fingerprint density at radius 1 is 0.958 bits per heavy atom. The molecule has 0 spiro atoms. The number of allylic oxidation sites excluding steroid dienone is 2. The molecule has 0 fully saturated rings. The minimum atomic E-state index is -1.24. The van der Waals surface area contributed by atoms with Crippen LogP contribution in [0.25, 0.3) is 16.7 Å². The molecule has 0 radical (unpaired) electrons. The van der Waals surface area contributed by atoms with Gasteiger partial charge in [0, 0.05) is 18.0 Å². The van der Waals surface area contributed by atoms with Crippen molar-refractivity contribution in [3.05, 3.63) is 54.4 Å². The summed E-state index contributed by atoms with van der Waals surface area (Å²) in [6.45, 7) is 11.6. The smallest absolute Gasteiger partial charge is 0.0775 e. The molecule has 1 aromatic carbocycles. The van der Waals surface area contributed by atoms with Crippen molar-refractivity contribution in [2.24, 2.45) is 0 Å². The normalized spacial score (nSPS) is 12.5. The molecule has 0 unspecified atom stereocenters. The fourth-order valence-corrected chi connectivity index (χ4v) is 4.05. The Hall–Kier alpha value is -1.67. The third kappa shape index (κ3) is 4.91. The molecule has 1 heterocycles. The lowest BCUT2D eigenvalue weighted by molar-refractivity contribution is 0.932. The van der Waals surface area contributed by atoms with Gasteiger partial charge in [-0.25, -0.2) is 0 Å². The topological polar surface area (TPSA) is 12.9 Å². The predicted molar refractivity (Wildman–Crippen MR) is 110 cm³/mol. The first-order valence-electron chi connectivity index (χ1n) is 9.21. The van der Waals surface area contributed by atoms with Crippen molar-refractivity contribution in [2.45, 2.75) is 59.2 Å². The van der Waals surface area contributed by atoms with E-state index < -0.39 is 8.07 Å². The standard InChI is InChI=1S/C22H31NSi/c1-6-8-10-18(9-7-2)20-15-21(17-23-16-20)19-11-13-22(14-12-19)24(3,4)5/h10-17H,6-9H2,1-5H3/b18-10+. The zero-order valence-electron chi connectivity index (χ0n) is 15.9. The molecule has 0 saturated carbocycles. The van der Waals surface area contributed by atoms with Crippen molar-refractivity contribution in [1.82, 2.24) is 4.98 Å². The van der Waals surface area contributed by atoms with E-state index in [0.29, 0.717) is 0 Å². The van der Waals surface area contributed by atoms with E-state index in [1.54, 1.807) is 0 Å². The van der Waals surface area contributed by atoms with Crippen LogP contribution in [-0.2, 0) is 0 Å². The Morgan fingerprint density at radius 3 is 2.25 bits per heavy atom. The van der Waals surface area contributed by atoms with E-state index in [-0.39, 0.29) is 0 Å². The molecule has 2 aromatic rings. The van der Waals surface area contributed by atoms with Crippen molar-refractivity contribution < 1.29 is 0 Å². The lowest BCUT2D eigenvalue weighted by atomic mass is 9.98. The molecule has 0 saturated heterocycles. The minimum absolute atomic E-state index is 1.12. The van der Waals surface area contributed by atoms with E-state index in [2.05, 4.69) is 74.9 Å². The summed E-state index contributed by atoms with van der Waals surface area (Å²) in [5, 5.41) is 1.50. The number of hydrogen-bond donors (Lipinski definition) is 0. The van der Waals surface area contributed by atoms with Crippen LogP contribution < -0.4 is 5.19 Å². The second-order valence-corrected chi connectivity index (χ2v) is 12.6. The van der Waals surface area contributed by atoms with Crippen molar-refractivity contribution in [1.29, 1.82) is 0 Å². The van der Waals surface area contributed by atoms with Crippen LogP contribution in [0.15, 0.2) is 48.8 Å². The Balaban J connectivity index is 2.32. The Bertz CT molecular complexity index is 678. The molecule has 0 aliphatic carbocycles. The first-order valence-corrected chi connectivity index (χ1v) is 12.7. The van der Waals surface area contributed by atoms with E-state index in [9.17, 15) is 0 Å². The van der Waals surface area contributed by atoms with E-state index >= 15 is 0 Å². The molecule has 0 aliphatic heterocycles. The summed E-state index contributed by atoms with van der Waals surface area (Å²) in [5.41, 5.74) is 5.19. The largest absolute Gasteiger partial charge is 0.263 e. The highest BCUT2D eigenvalue weighted by Crippen LogP contribution is 2.25. The second kappa shape index (κ2) is 8.43. The van der Waals surface area contributed by atoms with Gasteiger partial charge in [-0.15, -0.1) is 0 Å². The molecular formula is C22H31NSi. The summed E-state index contributed by atoms with van der Waals surface area (Å²) in [6.07, 6.45) is 11.0. The summed E-state index contributed by atoms with van der Waals surface area (Å²) in [5.74, 6) is 0. The number of unbranched alkanes of at least 4 members (excludes halogenated alkanes) is 1. The summed E-state index contributed by atoms with van der Waals surface area (Å²) in [6, 6.07) is 11.4. The maximum absolute atomic E-state index is 4.51. The van der Waals surface area contributed by atoms with Gasteiger partial charge < -0.3 is 0 Å². The van der Waals surface area contributed by atoms with Gasteiger partial charge in [0.25, 0.3) is 0 Å². The Labute approximate surface area is 148 Å². The average molecular weight is 338 g/mol. The first-order chi connectivity index (χ1) is 11.5. The quantitative estimate of drug-likeness (QED) is 0.542. The SMILES string of the molecule is CCC/C=C(\CCC)c1cncc(-c2ccc([Si](C)(C)C)cc2)c1. The molecular weight excluding hydrogens is 306 g/mol. The zero-order valence-corrected chi connectivity index (χ0v) is 16.9. The fraction of sp³-hybridized carbons (Fsp3) is 0.409. The molecule has 1 aromatic heterocycles. The number of hydrogen-bond acceptors (Lipinski definition) is 1. The van der Waals surface area contributed by atoms with E-state index in [0.717, 1.165) is 12.8 Å². The summed E-state index contributed by atoms with van der Waals surface area (Å²) in [4.78, 5) is 4.51. The van der Waals surface area contributed by atoms with Crippen LogP contribution in [0.1, 0.15) is 45.1 Å². The van der Waals surface area contributed by atoms with Gasteiger partial charge >= 0.3 is 0 Å². The molecule has 128 valence electrons. The van der Waals surface area contributed by atoms with Crippen molar-refractivity contribution in [3.8, 4) is 11.1 Å². The fourth-order valence-electron chi connectivity index (χ4n) is 2.89. The van der Waals surface area contributed by atoms with Crippen LogP contribution in [-0.4, -0.2) is 13.1 Å². The van der Waals surface area contributed by atoms with Gasteiger partial charge in [0.15, 0.2) is 0 Å². The predicted octanol–water partition coefficient (Wildman–Crippen LogP) is 6.28. The first kappa shape index (κ1) is 18.7. The summed E-state index contributed by atoms with van der Waals surface area (Å²) < 4.78 is 0. The van der Waals surface area contributed by atoms with E-state index in [4.69, 9.17) is 0 Å². The Kier molecular flexibility index (Phi) is 6.56. The molecule has 1 nitrogen and oxygen atoms in total.